The third-order valence-electron chi connectivity index (χ3n) is 2.62. The minimum Gasteiger partial charge on any atom is -0.301 e. The van der Waals surface area contributed by atoms with Crippen LogP contribution >= 0.6 is 0 Å². The molecule has 0 aromatic rings. The number of nitrogens with zero attached hydrogens (tertiary/aromatic N) is 2. The van der Waals surface area contributed by atoms with E-state index in [4.69, 9.17) is 0 Å². The average Bonchev–Trinajstić information content (AvgIpc) is 2.61. The predicted molar refractivity (Wildman–Crippen MR) is 55.3 cm³/mol. The molecule has 1 heterocycles. The van der Waals surface area contributed by atoms with Crippen molar-refractivity contribution in [3.8, 4) is 12.0 Å². The molecule has 0 aromatic heterocycles. The van der Waals surface area contributed by atoms with Gasteiger partial charge in [-0.2, -0.15) is 0 Å². The highest BCUT2D eigenvalue weighted by atomic mass is 16.1. The van der Waals surface area contributed by atoms with Crippen LogP contribution in [0.25, 0.3) is 0 Å². The Morgan fingerprint density at radius 2 is 2.36 bits per heavy atom. The van der Waals surface area contributed by atoms with Crippen LogP contribution in [0.4, 0.5) is 0 Å². The third-order valence-corrected chi connectivity index (χ3v) is 2.62. The highest BCUT2D eigenvalue weighted by Crippen LogP contribution is 2.20. The lowest BCUT2D eigenvalue weighted by molar-refractivity contribution is 0.266. The first kappa shape index (κ1) is 11.0. The Bertz CT molecular complexity index is 281. The van der Waals surface area contributed by atoms with E-state index < -0.39 is 0 Å². The largest absolute Gasteiger partial charge is 0.301 e. The lowest BCUT2D eigenvalue weighted by Crippen LogP contribution is -2.28. The number of rotatable bonds is 2. The van der Waals surface area contributed by atoms with Crippen LogP contribution < -0.4 is 0 Å². The molecule has 14 heavy (non-hydrogen) atoms. The Morgan fingerprint density at radius 3 is 2.93 bits per heavy atom. The first-order valence-corrected chi connectivity index (χ1v) is 5.02. The fourth-order valence-electron chi connectivity index (χ4n) is 1.75. The molecule has 1 aliphatic heterocycles. The van der Waals surface area contributed by atoms with Gasteiger partial charge in [0.2, 0.25) is 6.08 Å². The zero-order valence-electron chi connectivity index (χ0n) is 8.79. The maximum atomic E-state index is 9.74. The maximum Gasteiger partial charge on any atom is 0.249 e. The second-order valence-electron chi connectivity index (χ2n) is 3.94. The standard InChI is InChI=1S/C11H16N2O/c1-10(2)13-7-5-11(8-13)4-3-6-12-9-14/h10-11H,4-5,7-8H2,1-2H3. The average molecular weight is 192 g/mol. The summed E-state index contributed by atoms with van der Waals surface area (Å²) < 4.78 is 0. The van der Waals surface area contributed by atoms with Gasteiger partial charge in [0, 0.05) is 25.1 Å². The van der Waals surface area contributed by atoms with Crippen molar-refractivity contribution < 1.29 is 4.79 Å². The van der Waals surface area contributed by atoms with E-state index in [1.807, 2.05) is 0 Å². The number of isocyanates is 1. The first-order chi connectivity index (χ1) is 6.74. The van der Waals surface area contributed by atoms with Crippen LogP contribution in [-0.4, -0.2) is 30.1 Å². The van der Waals surface area contributed by atoms with Crippen molar-refractivity contribution in [2.24, 2.45) is 10.9 Å². The van der Waals surface area contributed by atoms with Crippen LogP contribution in [0.1, 0.15) is 26.7 Å². The van der Waals surface area contributed by atoms with Crippen LogP contribution in [-0.2, 0) is 4.79 Å². The van der Waals surface area contributed by atoms with Crippen molar-refractivity contribution in [3.63, 3.8) is 0 Å². The molecule has 0 radical (unpaired) electrons. The fourth-order valence-corrected chi connectivity index (χ4v) is 1.75. The zero-order chi connectivity index (χ0) is 10.4. The van der Waals surface area contributed by atoms with E-state index in [-0.39, 0.29) is 0 Å². The number of carbonyl (C=O) groups excluding carboxylic acids is 1. The third kappa shape index (κ3) is 3.33. The van der Waals surface area contributed by atoms with Crippen molar-refractivity contribution in [2.45, 2.75) is 32.7 Å². The van der Waals surface area contributed by atoms with Gasteiger partial charge in [-0.3, -0.25) is 0 Å². The van der Waals surface area contributed by atoms with E-state index in [2.05, 4.69) is 35.7 Å². The van der Waals surface area contributed by atoms with Gasteiger partial charge in [-0.25, -0.2) is 4.79 Å². The summed E-state index contributed by atoms with van der Waals surface area (Å²) in [5.41, 5.74) is 0. The molecule has 3 nitrogen and oxygen atoms in total. The SMILES string of the molecule is CC(C)N1CCC(CC#CN=C=O)C1. The van der Waals surface area contributed by atoms with Gasteiger partial charge in [-0.1, -0.05) is 5.92 Å². The summed E-state index contributed by atoms with van der Waals surface area (Å²) in [7, 11) is 0. The summed E-state index contributed by atoms with van der Waals surface area (Å²) in [6.07, 6.45) is 3.46. The molecule has 0 spiro atoms. The number of likely N-dealkylation sites (tertiary alicyclic amines) is 1. The smallest absolute Gasteiger partial charge is 0.249 e. The van der Waals surface area contributed by atoms with Crippen molar-refractivity contribution in [1.29, 1.82) is 0 Å². The van der Waals surface area contributed by atoms with E-state index in [1.165, 1.54) is 19.0 Å². The Labute approximate surface area is 85.2 Å². The molecule has 1 fully saturated rings. The number of hydrogen-bond donors (Lipinski definition) is 0. The molecule has 1 atom stereocenters. The highest BCUT2D eigenvalue weighted by molar-refractivity contribution is 5.36. The van der Waals surface area contributed by atoms with E-state index in [1.54, 1.807) is 0 Å². The minimum atomic E-state index is 0.626. The molecule has 0 N–H and O–H groups in total. The molecular weight excluding hydrogens is 176 g/mol. The Kier molecular flexibility index (Phi) is 4.39. The lowest BCUT2D eigenvalue weighted by atomic mass is 10.1. The van der Waals surface area contributed by atoms with E-state index >= 15 is 0 Å². The van der Waals surface area contributed by atoms with Crippen molar-refractivity contribution >= 4 is 6.08 Å². The monoisotopic (exact) mass is 192 g/mol. The number of hydrogen-bond acceptors (Lipinski definition) is 3. The summed E-state index contributed by atoms with van der Waals surface area (Å²) in [6.45, 7) is 6.72. The van der Waals surface area contributed by atoms with Gasteiger partial charge >= 0.3 is 0 Å². The van der Waals surface area contributed by atoms with Crippen LogP contribution in [0.2, 0.25) is 0 Å². The van der Waals surface area contributed by atoms with Gasteiger partial charge < -0.3 is 4.90 Å². The van der Waals surface area contributed by atoms with E-state index in [0.29, 0.717) is 12.0 Å². The second-order valence-corrected chi connectivity index (χ2v) is 3.94. The summed E-state index contributed by atoms with van der Waals surface area (Å²) in [5.74, 6) is 3.53. The fraction of sp³-hybridized carbons (Fsp3) is 0.727. The molecule has 1 saturated heterocycles. The summed E-state index contributed by atoms with van der Waals surface area (Å²) >= 11 is 0. The molecule has 76 valence electrons. The summed E-state index contributed by atoms with van der Waals surface area (Å²) in [6, 6.07) is 3.06. The molecule has 0 aromatic carbocycles. The molecule has 0 bridgehead atoms. The summed E-state index contributed by atoms with van der Waals surface area (Å²) in [5, 5.41) is 0. The first-order valence-electron chi connectivity index (χ1n) is 5.02. The van der Waals surface area contributed by atoms with Gasteiger partial charge in [0.15, 0.2) is 0 Å². The highest BCUT2D eigenvalue weighted by Gasteiger charge is 2.22. The normalized spacial score (nSPS) is 21.5. The van der Waals surface area contributed by atoms with E-state index in [0.717, 1.165) is 13.0 Å². The Balaban J connectivity index is 2.30. The zero-order valence-corrected chi connectivity index (χ0v) is 8.79. The Morgan fingerprint density at radius 1 is 1.57 bits per heavy atom. The molecule has 1 rings (SSSR count). The molecular formula is C11H16N2O. The van der Waals surface area contributed by atoms with Crippen LogP contribution in [0.15, 0.2) is 4.99 Å². The van der Waals surface area contributed by atoms with Crippen molar-refractivity contribution in [1.82, 2.24) is 4.90 Å². The molecule has 0 aliphatic carbocycles. The molecule has 1 aliphatic rings. The van der Waals surface area contributed by atoms with Crippen molar-refractivity contribution in [3.05, 3.63) is 0 Å². The van der Waals surface area contributed by atoms with Crippen LogP contribution in [0.3, 0.4) is 0 Å². The lowest BCUT2D eigenvalue weighted by Gasteiger charge is -2.19. The van der Waals surface area contributed by atoms with Crippen LogP contribution in [0, 0.1) is 17.9 Å². The molecule has 0 saturated carbocycles. The molecule has 3 heteroatoms. The van der Waals surface area contributed by atoms with Gasteiger partial charge in [0.1, 0.15) is 0 Å². The summed E-state index contributed by atoms with van der Waals surface area (Å²) in [4.78, 5) is 15.4. The second kappa shape index (κ2) is 5.59. The van der Waals surface area contributed by atoms with E-state index in [9.17, 15) is 4.79 Å². The van der Waals surface area contributed by atoms with Crippen LogP contribution in [0.5, 0.6) is 0 Å². The minimum absolute atomic E-state index is 0.626. The maximum absolute atomic E-state index is 9.74. The van der Waals surface area contributed by atoms with Gasteiger partial charge in [-0.05, 0) is 32.7 Å². The van der Waals surface area contributed by atoms with Crippen molar-refractivity contribution in [2.75, 3.05) is 13.1 Å². The molecule has 0 amide bonds. The predicted octanol–water partition coefficient (Wildman–Crippen LogP) is 1.40. The molecule has 1 unspecified atom stereocenters. The number of aliphatic imine (C=N–C) groups is 1. The topological polar surface area (TPSA) is 32.7 Å². The quantitative estimate of drug-likeness (QED) is 0.376. The van der Waals surface area contributed by atoms with Gasteiger partial charge in [0.05, 0.1) is 0 Å². The van der Waals surface area contributed by atoms with Gasteiger partial charge in [0.25, 0.3) is 0 Å². The van der Waals surface area contributed by atoms with Gasteiger partial charge in [-0.15, -0.1) is 4.99 Å². The Hall–Kier alpha value is -1.10.